The summed E-state index contributed by atoms with van der Waals surface area (Å²) in [4.78, 5) is 25.3. The average Bonchev–Trinajstić information content (AvgIpc) is 2.36. The Kier molecular flexibility index (Phi) is 4.86. The lowest BCUT2D eigenvalue weighted by molar-refractivity contribution is -0.127. The molecule has 0 spiro atoms. The number of hydrogen-bond acceptors (Lipinski definition) is 3. The first-order valence-electron chi connectivity index (χ1n) is 6.23. The lowest BCUT2D eigenvalue weighted by Crippen LogP contribution is -2.53. The van der Waals surface area contributed by atoms with Crippen molar-refractivity contribution in [3.63, 3.8) is 0 Å². The normalized spacial score (nSPS) is 17.4. The number of carbonyl (C=O) groups excluding carboxylic acids is 2. The minimum Gasteiger partial charge on any atom is -0.354 e. The molecule has 2 rings (SSSR count). The predicted molar refractivity (Wildman–Crippen MR) is 79.1 cm³/mol. The van der Waals surface area contributed by atoms with Crippen LogP contribution in [0, 0.1) is 0 Å². The highest BCUT2D eigenvalue weighted by molar-refractivity contribution is 6.35. The van der Waals surface area contributed by atoms with Crippen molar-refractivity contribution in [2.24, 2.45) is 0 Å². The van der Waals surface area contributed by atoms with Gasteiger partial charge in [0.1, 0.15) is 0 Å². The predicted octanol–water partition coefficient (Wildman–Crippen LogP) is 1.75. The summed E-state index contributed by atoms with van der Waals surface area (Å²) >= 11 is 11.8. The molecule has 2 N–H and O–H groups in total. The summed E-state index contributed by atoms with van der Waals surface area (Å²) in [5.41, 5.74) is 0.542. The molecule has 5 nitrogen and oxygen atoms in total. The molecule has 0 aliphatic carbocycles. The summed E-state index contributed by atoms with van der Waals surface area (Å²) in [5.74, 6) is -0.264. The standard InChI is InChI=1S/C13H15Cl2N3O2/c1-8(18-3-2-16-12(19)7-18)13(20)17-11-5-9(14)4-10(15)6-11/h4-6,8H,2-3,7H2,1H3,(H,16,19)(H,17,20). The Morgan fingerprint density at radius 3 is 2.60 bits per heavy atom. The van der Waals surface area contributed by atoms with Crippen molar-refractivity contribution in [1.82, 2.24) is 10.2 Å². The number of hydrogen-bond donors (Lipinski definition) is 2. The topological polar surface area (TPSA) is 61.4 Å². The molecule has 108 valence electrons. The molecule has 2 amide bonds. The number of carbonyl (C=O) groups is 2. The number of halogens is 2. The minimum absolute atomic E-state index is 0.0679. The van der Waals surface area contributed by atoms with E-state index >= 15 is 0 Å². The number of rotatable bonds is 3. The van der Waals surface area contributed by atoms with Gasteiger partial charge < -0.3 is 10.6 Å². The van der Waals surface area contributed by atoms with Crippen molar-refractivity contribution in [2.45, 2.75) is 13.0 Å². The Morgan fingerprint density at radius 2 is 2.00 bits per heavy atom. The van der Waals surface area contributed by atoms with Gasteiger partial charge in [0.2, 0.25) is 11.8 Å². The fraction of sp³-hybridized carbons (Fsp3) is 0.385. The summed E-state index contributed by atoms with van der Waals surface area (Å²) in [6, 6.07) is 4.44. The third-order valence-electron chi connectivity index (χ3n) is 3.13. The van der Waals surface area contributed by atoms with Gasteiger partial charge in [-0.1, -0.05) is 23.2 Å². The van der Waals surface area contributed by atoms with Crippen LogP contribution >= 0.6 is 23.2 Å². The average molecular weight is 316 g/mol. The summed E-state index contributed by atoms with van der Waals surface area (Å²) in [6.45, 7) is 3.20. The molecule has 20 heavy (non-hydrogen) atoms. The third-order valence-corrected chi connectivity index (χ3v) is 3.56. The molecule has 1 aromatic rings. The zero-order valence-corrected chi connectivity index (χ0v) is 12.5. The minimum atomic E-state index is -0.404. The van der Waals surface area contributed by atoms with Crippen LogP contribution in [0.1, 0.15) is 6.92 Å². The number of benzene rings is 1. The maximum absolute atomic E-state index is 12.2. The Morgan fingerprint density at radius 1 is 1.35 bits per heavy atom. The van der Waals surface area contributed by atoms with Crippen LogP contribution in [-0.2, 0) is 9.59 Å². The Bertz CT molecular complexity index is 516. The van der Waals surface area contributed by atoms with Crippen molar-refractivity contribution < 1.29 is 9.59 Å². The van der Waals surface area contributed by atoms with E-state index in [1.165, 1.54) is 0 Å². The second-order valence-corrected chi connectivity index (χ2v) is 5.52. The fourth-order valence-corrected chi connectivity index (χ4v) is 2.55. The molecule has 1 saturated heterocycles. The molecule has 0 bridgehead atoms. The van der Waals surface area contributed by atoms with E-state index in [0.29, 0.717) is 28.8 Å². The summed E-state index contributed by atoms with van der Waals surface area (Å²) in [6.07, 6.45) is 0. The van der Waals surface area contributed by atoms with Gasteiger partial charge in [0.25, 0.3) is 0 Å². The highest BCUT2D eigenvalue weighted by Gasteiger charge is 2.26. The quantitative estimate of drug-likeness (QED) is 0.893. The van der Waals surface area contributed by atoms with Gasteiger partial charge in [-0.3, -0.25) is 14.5 Å². The largest absolute Gasteiger partial charge is 0.354 e. The maximum atomic E-state index is 12.2. The first-order valence-corrected chi connectivity index (χ1v) is 6.99. The van der Waals surface area contributed by atoms with Gasteiger partial charge in [-0.15, -0.1) is 0 Å². The first kappa shape index (κ1) is 15.1. The molecule has 0 aromatic heterocycles. The molecule has 7 heteroatoms. The van der Waals surface area contributed by atoms with E-state index in [0.717, 1.165) is 0 Å². The van der Waals surface area contributed by atoms with Crippen LogP contribution in [0.5, 0.6) is 0 Å². The van der Waals surface area contributed by atoms with Gasteiger partial charge in [-0.25, -0.2) is 0 Å². The molecule has 1 fully saturated rings. The molecule has 1 unspecified atom stereocenters. The van der Waals surface area contributed by atoms with Crippen LogP contribution in [0.2, 0.25) is 10.0 Å². The van der Waals surface area contributed by atoms with Gasteiger partial charge in [0, 0.05) is 28.8 Å². The highest BCUT2D eigenvalue weighted by atomic mass is 35.5. The molecule has 1 aromatic carbocycles. The second kappa shape index (κ2) is 6.43. The van der Waals surface area contributed by atoms with Gasteiger partial charge in [0.05, 0.1) is 12.6 Å². The molecule has 1 aliphatic rings. The lowest BCUT2D eigenvalue weighted by atomic mass is 10.2. The van der Waals surface area contributed by atoms with E-state index in [1.807, 2.05) is 4.90 Å². The number of nitrogens with zero attached hydrogens (tertiary/aromatic N) is 1. The Hall–Kier alpha value is -1.30. The smallest absolute Gasteiger partial charge is 0.241 e. The lowest BCUT2D eigenvalue weighted by Gasteiger charge is -2.31. The van der Waals surface area contributed by atoms with Crippen LogP contribution < -0.4 is 10.6 Å². The SMILES string of the molecule is CC(C(=O)Nc1cc(Cl)cc(Cl)c1)N1CCNC(=O)C1. The van der Waals surface area contributed by atoms with E-state index in [4.69, 9.17) is 23.2 Å². The van der Waals surface area contributed by atoms with Crippen molar-refractivity contribution in [2.75, 3.05) is 25.0 Å². The van der Waals surface area contributed by atoms with Crippen molar-refractivity contribution >= 4 is 40.7 Å². The van der Waals surface area contributed by atoms with E-state index in [9.17, 15) is 9.59 Å². The zero-order chi connectivity index (χ0) is 14.7. The Balaban J connectivity index is 2.01. The summed E-state index contributed by atoms with van der Waals surface area (Å²) in [7, 11) is 0. The third kappa shape index (κ3) is 3.85. The van der Waals surface area contributed by atoms with E-state index < -0.39 is 6.04 Å². The van der Waals surface area contributed by atoms with Crippen molar-refractivity contribution in [3.05, 3.63) is 28.2 Å². The molecule has 0 radical (unpaired) electrons. The zero-order valence-electron chi connectivity index (χ0n) is 11.0. The number of nitrogens with one attached hydrogen (secondary N) is 2. The van der Waals surface area contributed by atoms with Crippen LogP contribution in [-0.4, -0.2) is 42.4 Å². The van der Waals surface area contributed by atoms with Crippen molar-refractivity contribution in [3.8, 4) is 0 Å². The molecule has 1 aliphatic heterocycles. The molecule has 1 atom stereocenters. The fourth-order valence-electron chi connectivity index (χ4n) is 2.03. The van der Waals surface area contributed by atoms with Gasteiger partial charge in [-0.05, 0) is 25.1 Å². The van der Waals surface area contributed by atoms with E-state index in [2.05, 4.69) is 10.6 Å². The monoisotopic (exact) mass is 315 g/mol. The Labute approximate surface area is 127 Å². The number of piperazine rings is 1. The van der Waals surface area contributed by atoms with E-state index in [-0.39, 0.29) is 18.4 Å². The van der Waals surface area contributed by atoms with Gasteiger partial charge >= 0.3 is 0 Å². The second-order valence-electron chi connectivity index (χ2n) is 4.64. The van der Waals surface area contributed by atoms with Crippen LogP contribution in [0.15, 0.2) is 18.2 Å². The van der Waals surface area contributed by atoms with Gasteiger partial charge in [-0.2, -0.15) is 0 Å². The molecule has 1 heterocycles. The van der Waals surface area contributed by atoms with E-state index in [1.54, 1.807) is 25.1 Å². The molecular weight excluding hydrogens is 301 g/mol. The molecule has 0 saturated carbocycles. The summed E-state index contributed by atoms with van der Waals surface area (Å²) in [5, 5.41) is 6.39. The number of amides is 2. The number of anilines is 1. The first-order chi connectivity index (χ1) is 9.45. The highest BCUT2D eigenvalue weighted by Crippen LogP contribution is 2.22. The van der Waals surface area contributed by atoms with Gasteiger partial charge in [0.15, 0.2) is 0 Å². The van der Waals surface area contributed by atoms with Crippen LogP contribution in [0.4, 0.5) is 5.69 Å². The summed E-state index contributed by atoms with van der Waals surface area (Å²) < 4.78 is 0. The van der Waals surface area contributed by atoms with Crippen LogP contribution in [0.3, 0.4) is 0 Å². The maximum Gasteiger partial charge on any atom is 0.241 e. The molecular formula is C13H15Cl2N3O2. The van der Waals surface area contributed by atoms with Crippen molar-refractivity contribution in [1.29, 1.82) is 0 Å². The van der Waals surface area contributed by atoms with Crippen LogP contribution in [0.25, 0.3) is 0 Å².